The van der Waals surface area contributed by atoms with Crippen molar-refractivity contribution in [3.05, 3.63) is 29.3 Å². The number of aryl methyl sites for hydroxylation is 1. The highest BCUT2D eigenvalue weighted by molar-refractivity contribution is 5.47. The molecule has 1 fully saturated rings. The molecule has 104 valence electrons. The third-order valence-electron chi connectivity index (χ3n) is 4.90. The highest BCUT2D eigenvalue weighted by atomic mass is 14.9. The van der Waals surface area contributed by atoms with Gasteiger partial charge in [-0.1, -0.05) is 31.7 Å². The van der Waals surface area contributed by atoms with E-state index in [-0.39, 0.29) is 0 Å². The molecule has 3 rings (SSSR count). The summed E-state index contributed by atoms with van der Waals surface area (Å²) in [5.74, 6) is 1.03. The van der Waals surface area contributed by atoms with Gasteiger partial charge in [0.05, 0.1) is 0 Å². The van der Waals surface area contributed by atoms with Crippen LogP contribution in [0.3, 0.4) is 0 Å². The van der Waals surface area contributed by atoms with E-state index in [0.717, 1.165) is 11.6 Å². The minimum atomic E-state index is 0.569. The second-order valence-electron chi connectivity index (χ2n) is 6.30. The quantitative estimate of drug-likeness (QED) is 0.622. The Morgan fingerprint density at radius 1 is 1.16 bits per heavy atom. The first-order valence-corrected chi connectivity index (χ1v) is 7.94. The molecular weight excluding hydrogens is 232 g/mol. The van der Waals surface area contributed by atoms with E-state index in [2.05, 4.69) is 17.4 Å². The number of rotatable bonds is 5. The fraction of sp³-hybridized carbons (Fsp3) is 0.647. The highest BCUT2D eigenvalue weighted by Crippen LogP contribution is 2.32. The van der Waals surface area contributed by atoms with Crippen LogP contribution in [0.5, 0.6) is 0 Å². The van der Waals surface area contributed by atoms with E-state index in [4.69, 9.17) is 5.73 Å². The molecule has 19 heavy (non-hydrogen) atoms. The lowest BCUT2D eigenvalue weighted by Gasteiger charge is -2.15. The number of nitrogen functional groups attached to an aromatic ring is 1. The van der Waals surface area contributed by atoms with Crippen molar-refractivity contribution in [2.24, 2.45) is 5.92 Å². The van der Waals surface area contributed by atoms with Crippen molar-refractivity contribution < 1.29 is 0 Å². The Bertz CT molecular complexity index is 421. The molecule has 1 aromatic rings. The Labute approximate surface area is 116 Å². The summed E-state index contributed by atoms with van der Waals surface area (Å²) in [4.78, 5) is 0. The largest absolute Gasteiger partial charge is 0.399 e. The summed E-state index contributed by atoms with van der Waals surface area (Å²) in [7, 11) is 0. The fourth-order valence-electron chi connectivity index (χ4n) is 3.82. The van der Waals surface area contributed by atoms with Crippen LogP contribution in [0.1, 0.15) is 62.1 Å². The monoisotopic (exact) mass is 258 g/mol. The first-order chi connectivity index (χ1) is 9.33. The molecule has 0 spiro atoms. The molecule has 2 heteroatoms. The molecule has 1 atom stereocenters. The molecule has 0 bridgehead atoms. The average Bonchev–Trinajstić information content (AvgIpc) is 3.03. The molecule has 1 aromatic carbocycles. The Kier molecular flexibility index (Phi) is 4.07. The van der Waals surface area contributed by atoms with Crippen molar-refractivity contribution >= 4 is 5.69 Å². The predicted octanol–water partition coefficient (Wildman–Crippen LogP) is 3.82. The van der Waals surface area contributed by atoms with Gasteiger partial charge in [0.1, 0.15) is 0 Å². The minimum Gasteiger partial charge on any atom is -0.399 e. The smallest absolute Gasteiger partial charge is 0.0326 e. The van der Waals surface area contributed by atoms with Gasteiger partial charge in [0, 0.05) is 11.7 Å². The molecule has 0 amide bonds. The van der Waals surface area contributed by atoms with Crippen LogP contribution in [0.15, 0.2) is 18.2 Å². The van der Waals surface area contributed by atoms with Gasteiger partial charge in [0.15, 0.2) is 0 Å². The molecule has 0 heterocycles. The van der Waals surface area contributed by atoms with E-state index in [1.165, 1.54) is 69.0 Å². The van der Waals surface area contributed by atoms with Crippen LogP contribution in [-0.2, 0) is 6.42 Å². The number of hydrogen-bond donors (Lipinski definition) is 2. The minimum absolute atomic E-state index is 0.569. The number of nitrogens with one attached hydrogen (secondary N) is 1. The summed E-state index contributed by atoms with van der Waals surface area (Å²) in [5, 5.41) is 3.74. The molecule has 2 aliphatic carbocycles. The molecule has 0 aromatic heterocycles. The fourth-order valence-corrected chi connectivity index (χ4v) is 3.82. The third-order valence-corrected chi connectivity index (χ3v) is 4.90. The van der Waals surface area contributed by atoms with E-state index < -0.39 is 0 Å². The maximum absolute atomic E-state index is 5.85. The summed E-state index contributed by atoms with van der Waals surface area (Å²) in [6.45, 7) is 1.17. The third kappa shape index (κ3) is 3.11. The van der Waals surface area contributed by atoms with Gasteiger partial charge in [-0.3, -0.25) is 0 Å². The molecule has 0 aliphatic heterocycles. The van der Waals surface area contributed by atoms with Crippen LogP contribution in [0.25, 0.3) is 0 Å². The lowest BCUT2D eigenvalue weighted by atomic mass is 10.0. The lowest BCUT2D eigenvalue weighted by molar-refractivity contribution is 0.447. The molecule has 1 unspecified atom stereocenters. The first-order valence-electron chi connectivity index (χ1n) is 7.94. The zero-order chi connectivity index (χ0) is 13.1. The molecule has 2 nitrogen and oxygen atoms in total. The maximum atomic E-state index is 5.85. The molecule has 0 radical (unpaired) electrons. The Morgan fingerprint density at radius 3 is 2.84 bits per heavy atom. The predicted molar refractivity (Wildman–Crippen MR) is 81.1 cm³/mol. The van der Waals surface area contributed by atoms with Gasteiger partial charge in [-0.25, -0.2) is 0 Å². The Hall–Kier alpha value is -1.02. The van der Waals surface area contributed by atoms with E-state index >= 15 is 0 Å². The molecule has 3 N–H and O–H groups in total. The second kappa shape index (κ2) is 5.96. The summed E-state index contributed by atoms with van der Waals surface area (Å²) >= 11 is 0. The lowest BCUT2D eigenvalue weighted by Crippen LogP contribution is -2.20. The van der Waals surface area contributed by atoms with Crippen molar-refractivity contribution in [2.45, 2.75) is 57.4 Å². The number of nitrogens with two attached hydrogens (primary N) is 1. The van der Waals surface area contributed by atoms with Crippen molar-refractivity contribution in [3.63, 3.8) is 0 Å². The van der Waals surface area contributed by atoms with Gasteiger partial charge in [-0.15, -0.1) is 0 Å². The van der Waals surface area contributed by atoms with Crippen LogP contribution >= 0.6 is 0 Å². The van der Waals surface area contributed by atoms with Crippen LogP contribution in [0.2, 0.25) is 0 Å². The number of benzene rings is 1. The van der Waals surface area contributed by atoms with Gasteiger partial charge in [-0.2, -0.15) is 0 Å². The second-order valence-corrected chi connectivity index (χ2v) is 6.30. The Morgan fingerprint density at radius 2 is 2.00 bits per heavy atom. The maximum Gasteiger partial charge on any atom is 0.0326 e. The zero-order valence-electron chi connectivity index (χ0n) is 11.8. The summed E-state index contributed by atoms with van der Waals surface area (Å²) in [6, 6.07) is 6.97. The van der Waals surface area contributed by atoms with E-state index in [0.29, 0.717) is 6.04 Å². The summed E-state index contributed by atoms with van der Waals surface area (Å²) < 4.78 is 0. The Balaban J connectivity index is 1.44. The van der Waals surface area contributed by atoms with Gasteiger partial charge < -0.3 is 11.1 Å². The van der Waals surface area contributed by atoms with Crippen LogP contribution < -0.4 is 11.1 Å². The van der Waals surface area contributed by atoms with Crippen LogP contribution in [0, 0.1) is 5.92 Å². The number of hydrogen-bond acceptors (Lipinski definition) is 2. The SMILES string of the molecule is Nc1ccc2c(c1)CCC2NCCCC1CCCC1. The standard InChI is InChI=1S/C17H26N2/c18-15-8-9-16-14(12-15)7-10-17(16)19-11-3-6-13-4-1-2-5-13/h8-9,12-13,17,19H,1-7,10-11,18H2. The highest BCUT2D eigenvalue weighted by Gasteiger charge is 2.21. The van der Waals surface area contributed by atoms with Crippen LogP contribution in [0.4, 0.5) is 5.69 Å². The normalized spacial score (nSPS) is 22.8. The molecular formula is C17H26N2. The van der Waals surface area contributed by atoms with Gasteiger partial charge in [0.25, 0.3) is 0 Å². The van der Waals surface area contributed by atoms with Crippen molar-refractivity contribution in [1.82, 2.24) is 5.32 Å². The van der Waals surface area contributed by atoms with E-state index in [9.17, 15) is 0 Å². The van der Waals surface area contributed by atoms with Crippen LogP contribution in [-0.4, -0.2) is 6.54 Å². The van der Waals surface area contributed by atoms with Gasteiger partial charge >= 0.3 is 0 Å². The molecule has 0 saturated heterocycles. The van der Waals surface area contributed by atoms with Gasteiger partial charge in [0.2, 0.25) is 0 Å². The summed E-state index contributed by atoms with van der Waals surface area (Å²) in [5.41, 5.74) is 9.68. The topological polar surface area (TPSA) is 38.0 Å². The van der Waals surface area contributed by atoms with Gasteiger partial charge in [-0.05, 0) is 61.4 Å². The number of fused-ring (bicyclic) bond motifs is 1. The number of anilines is 1. The molecule has 1 saturated carbocycles. The average molecular weight is 258 g/mol. The van der Waals surface area contributed by atoms with Crippen molar-refractivity contribution in [3.8, 4) is 0 Å². The summed E-state index contributed by atoms with van der Waals surface area (Å²) in [6.07, 6.45) is 11.1. The van der Waals surface area contributed by atoms with E-state index in [1.54, 1.807) is 0 Å². The van der Waals surface area contributed by atoms with E-state index in [1.807, 2.05) is 6.07 Å². The van der Waals surface area contributed by atoms with Crippen molar-refractivity contribution in [2.75, 3.05) is 12.3 Å². The molecule has 2 aliphatic rings. The zero-order valence-corrected chi connectivity index (χ0v) is 11.8. The van der Waals surface area contributed by atoms with Crippen molar-refractivity contribution in [1.29, 1.82) is 0 Å². The first kappa shape index (κ1) is 13.0.